The second kappa shape index (κ2) is 5.95. The van der Waals surface area contributed by atoms with Gasteiger partial charge in [-0.2, -0.15) is 0 Å². The minimum Gasteiger partial charge on any atom is -0.412 e. The van der Waals surface area contributed by atoms with Crippen molar-refractivity contribution in [2.24, 2.45) is 0 Å². The predicted octanol–water partition coefficient (Wildman–Crippen LogP) is 1.85. The van der Waals surface area contributed by atoms with E-state index in [1.54, 1.807) is 4.90 Å². The Labute approximate surface area is 137 Å². The van der Waals surface area contributed by atoms with E-state index < -0.39 is 5.79 Å². The third kappa shape index (κ3) is 2.78. The molecule has 126 valence electrons. The molecule has 24 heavy (non-hydrogen) atoms. The molecule has 8 heteroatoms. The van der Waals surface area contributed by atoms with Crippen LogP contribution in [0.1, 0.15) is 23.5 Å². The number of amides is 1. The molecule has 0 bridgehead atoms. The van der Waals surface area contributed by atoms with Gasteiger partial charge in [0.25, 0.3) is 0 Å². The fourth-order valence-electron chi connectivity index (χ4n) is 2.99. The molecule has 1 amide bonds. The van der Waals surface area contributed by atoms with E-state index in [1.165, 1.54) is 24.3 Å². The van der Waals surface area contributed by atoms with Crippen molar-refractivity contribution in [3.63, 3.8) is 0 Å². The average molecular weight is 333 g/mol. The monoisotopic (exact) mass is 333 g/mol. The first-order valence-corrected chi connectivity index (χ1v) is 7.82. The molecule has 0 N–H and O–H groups in total. The van der Waals surface area contributed by atoms with Gasteiger partial charge in [-0.05, 0) is 24.3 Å². The van der Waals surface area contributed by atoms with E-state index in [0.717, 1.165) is 0 Å². The van der Waals surface area contributed by atoms with Crippen LogP contribution in [0.25, 0.3) is 11.5 Å². The Kier molecular flexibility index (Phi) is 3.78. The Balaban J connectivity index is 1.45. The number of hydrogen-bond acceptors (Lipinski definition) is 6. The predicted molar refractivity (Wildman–Crippen MR) is 79.5 cm³/mol. The molecule has 0 saturated carbocycles. The first-order valence-electron chi connectivity index (χ1n) is 7.82. The second-order valence-corrected chi connectivity index (χ2v) is 5.82. The minimum atomic E-state index is -0.537. The second-order valence-electron chi connectivity index (χ2n) is 5.82. The number of piperidine rings is 1. The lowest BCUT2D eigenvalue weighted by molar-refractivity contribution is -0.181. The molecule has 1 aromatic carbocycles. The van der Waals surface area contributed by atoms with E-state index in [4.69, 9.17) is 13.9 Å². The van der Waals surface area contributed by atoms with Gasteiger partial charge >= 0.3 is 11.8 Å². The lowest BCUT2D eigenvalue weighted by atomic mass is 10.0. The topological polar surface area (TPSA) is 77.7 Å². The van der Waals surface area contributed by atoms with Gasteiger partial charge in [-0.25, -0.2) is 4.39 Å². The highest BCUT2D eigenvalue weighted by Gasteiger charge is 2.41. The summed E-state index contributed by atoms with van der Waals surface area (Å²) >= 11 is 0. The number of benzene rings is 1. The van der Waals surface area contributed by atoms with Crippen LogP contribution in [0.5, 0.6) is 0 Å². The number of carbonyl (C=O) groups excluding carboxylic acids is 1. The zero-order chi connectivity index (χ0) is 16.6. The van der Waals surface area contributed by atoms with Gasteiger partial charge in [0.1, 0.15) is 5.82 Å². The summed E-state index contributed by atoms with van der Waals surface area (Å²) in [6.07, 6.45) is 1.25. The van der Waals surface area contributed by atoms with Crippen LogP contribution in [-0.2, 0) is 9.47 Å². The number of aromatic nitrogens is 2. The minimum absolute atomic E-state index is 0.0708. The van der Waals surface area contributed by atoms with Crippen molar-refractivity contribution in [1.82, 2.24) is 15.1 Å². The lowest BCUT2D eigenvalue weighted by Crippen LogP contribution is -2.47. The van der Waals surface area contributed by atoms with Crippen molar-refractivity contribution < 1.29 is 23.1 Å². The highest BCUT2D eigenvalue weighted by Crippen LogP contribution is 2.31. The summed E-state index contributed by atoms with van der Waals surface area (Å²) in [5.74, 6) is -1.09. The van der Waals surface area contributed by atoms with Crippen LogP contribution < -0.4 is 0 Å². The maximum atomic E-state index is 13.0. The Morgan fingerprint density at radius 2 is 1.75 bits per heavy atom. The van der Waals surface area contributed by atoms with Gasteiger partial charge in [0.2, 0.25) is 5.89 Å². The highest BCUT2D eigenvalue weighted by atomic mass is 19.1. The van der Waals surface area contributed by atoms with Crippen LogP contribution in [0, 0.1) is 5.82 Å². The Morgan fingerprint density at radius 1 is 1.08 bits per heavy atom. The molecule has 1 spiro atoms. The standard InChI is InChI=1S/C16H16FN3O4/c17-12-3-1-11(2-4-12)13-18-19-14(24-13)15(21)20-7-5-16(6-8-20)22-9-10-23-16/h1-4H,5-10H2. The van der Waals surface area contributed by atoms with E-state index >= 15 is 0 Å². The van der Waals surface area contributed by atoms with E-state index in [0.29, 0.717) is 44.7 Å². The molecule has 4 rings (SSSR count). The first kappa shape index (κ1) is 15.2. The summed E-state index contributed by atoms with van der Waals surface area (Å²) < 4.78 is 29.7. The van der Waals surface area contributed by atoms with Crippen molar-refractivity contribution in [3.05, 3.63) is 36.0 Å². The van der Waals surface area contributed by atoms with Gasteiger partial charge < -0.3 is 18.8 Å². The summed E-state index contributed by atoms with van der Waals surface area (Å²) in [5.41, 5.74) is 0.563. The maximum Gasteiger partial charge on any atom is 0.311 e. The van der Waals surface area contributed by atoms with Gasteiger partial charge in [0, 0.05) is 31.5 Å². The van der Waals surface area contributed by atoms with E-state index in [2.05, 4.69) is 10.2 Å². The molecule has 0 radical (unpaired) electrons. The first-order chi connectivity index (χ1) is 11.7. The molecule has 2 fully saturated rings. The molecule has 3 heterocycles. The number of hydrogen-bond donors (Lipinski definition) is 0. The quantitative estimate of drug-likeness (QED) is 0.835. The number of carbonyl (C=O) groups is 1. The fourth-order valence-corrected chi connectivity index (χ4v) is 2.99. The third-order valence-electron chi connectivity index (χ3n) is 4.33. The van der Waals surface area contributed by atoms with Gasteiger partial charge in [0.05, 0.1) is 13.2 Å². The average Bonchev–Trinajstić information content (AvgIpc) is 3.26. The molecule has 1 aromatic heterocycles. The SMILES string of the molecule is O=C(c1nnc(-c2ccc(F)cc2)o1)N1CCC2(CC1)OCCO2. The zero-order valence-electron chi connectivity index (χ0n) is 12.9. The van der Waals surface area contributed by atoms with Crippen molar-refractivity contribution >= 4 is 5.91 Å². The lowest BCUT2D eigenvalue weighted by Gasteiger charge is -2.36. The zero-order valence-corrected chi connectivity index (χ0v) is 12.9. The molecule has 2 aliphatic rings. The molecule has 0 atom stereocenters. The fraction of sp³-hybridized carbons (Fsp3) is 0.438. The van der Waals surface area contributed by atoms with E-state index in [9.17, 15) is 9.18 Å². The highest BCUT2D eigenvalue weighted by molar-refractivity contribution is 5.89. The number of likely N-dealkylation sites (tertiary alicyclic amines) is 1. The number of rotatable bonds is 2. The molecule has 2 saturated heterocycles. The molecule has 7 nitrogen and oxygen atoms in total. The maximum absolute atomic E-state index is 13.0. The summed E-state index contributed by atoms with van der Waals surface area (Å²) in [6, 6.07) is 5.65. The third-order valence-corrected chi connectivity index (χ3v) is 4.33. The number of nitrogens with zero attached hydrogens (tertiary/aromatic N) is 3. The summed E-state index contributed by atoms with van der Waals surface area (Å²) in [6.45, 7) is 2.21. The van der Waals surface area contributed by atoms with E-state index in [-0.39, 0.29) is 23.5 Å². The van der Waals surface area contributed by atoms with Gasteiger partial charge in [-0.3, -0.25) is 4.79 Å². The van der Waals surface area contributed by atoms with E-state index in [1.807, 2.05) is 0 Å². The largest absolute Gasteiger partial charge is 0.412 e. The van der Waals surface area contributed by atoms with Crippen LogP contribution in [0.2, 0.25) is 0 Å². The van der Waals surface area contributed by atoms with Crippen LogP contribution >= 0.6 is 0 Å². The van der Waals surface area contributed by atoms with Gasteiger partial charge in [-0.1, -0.05) is 0 Å². The van der Waals surface area contributed by atoms with Crippen molar-refractivity contribution in [3.8, 4) is 11.5 Å². The number of halogens is 1. The molecule has 2 aromatic rings. The summed E-state index contributed by atoms with van der Waals surface area (Å²) in [7, 11) is 0. The van der Waals surface area contributed by atoms with Gasteiger partial charge in [0.15, 0.2) is 5.79 Å². The summed E-state index contributed by atoms with van der Waals surface area (Å²) in [5, 5.41) is 7.68. The summed E-state index contributed by atoms with van der Waals surface area (Å²) in [4.78, 5) is 14.1. The molecular formula is C16H16FN3O4. The smallest absolute Gasteiger partial charge is 0.311 e. The van der Waals surface area contributed by atoms with Gasteiger partial charge in [-0.15, -0.1) is 10.2 Å². The van der Waals surface area contributed by atoms with Crippen LogP contribution in [0.15, 0.2) is 28.7 Å². The van der Waals surface area contributed by atoms with Crippen molar-refractivity contribution in [2.75, 3.05) is 26.3 Å². The molecule has 0 unspecified atom stereocenters. The molecule has 2 aliphatic heterocycles. The van der Waals surface area contributed by atoms with Crippen LogP contribution in [-0.4, -0.2) is 53.1 Å². The van der Waals surface area contributed by atoms with Crippen molar-refractivity contribution in [1.29, 1.82) is 0 Å². The Bertz CT molecular complexity index is 730. The Hall–Kier alpha value is -2.32. The van der Waals surface area contributed by atoms with Crippen LogP contribution in [0.3, 0.4) is 0 Å². The normalized spacial score (nSPS) is 19.8. The Morgan fingerprint density at radius 3 is 2.42 bits per heavy atom. The number of ether oxygens (including phenoxy) is 2. The van der Waals surface area contributed by atoms with Crippen molar-refractivity contribution in [2.45, 2.75) is 18.6 Å². The molecular weight excluding hydrogens is 317 g/mol. The molecule has 0 aliphatic carbocycles. The van der Waals surface area contributed by atoms with Crippen LogP contribution in [0.4, 0.5) is 4.39 Å².